The van der Waals surface area contributed by atoms with E-state index in [2.05, 4.69) is 6.07 Å². The molecule has 0 radical (unpaired) electrons. The second kappa shape index (κ2) is 4.77. The molecule has 0 saturated carbocycles. The van der Waals surface area contributed by atoms with E-state index < -0.39 is 0 Å². The third-order valence-electron chi connectivity index (χ3n) is 3.26. The molecule has 0 bridgehead atoms. The highest BCUT2D eigenvalue weighted by Crippen LogP contribution is 2.19. The number of ketones is 1. The van der Waals surface area contributed by atoms with Gasteiger partial charge in [0.1, 0.15) is 0 Å². The summed E-state index contributed by atoms with van der Waals surface area (Å²) in [7, 11) is 0. The van der Waals surface area contributed by atoms with Gasteiger partial charge in [-0.1, -0.05) is 41.5 Å². The van der Waals surface area contributed by atoms with Crippen molar-refractivity contribution in [2.45, 2.75) is 27.7 Å². The third kappa shape index (κ3) is 2.35. The summed E-state index contributed by atoms with van der Waals surface area (Å²) >= 11 is 0. The molecule has 0 fully saturated rings. The second-order valence-corrected chi connectivity index (χ2v) is 4.97. The zero-order chi connectivity index (χ0) is 13.3. The quantitative estimate of drug-likeness (QED) is 0.718. The van der Waals surface area contributed by atoms with E-state index in [1.54, 1.807) is 0 Å². The molecule has 0 spiro atoms. The van der Waals surface area contributed by atoms with Crippen molar-refractivity contribution in [1.29, 1.82) is 0 Å². The first kappa shape index (κ1) is 12.6. The number of rotatable bonds is 2. The normalized spacial score (nSPS) is 10.4. The lowest BCUT2D eigenvalue weighted by molar-refractivity contribution is 0.103. The Morgan fingerprint density at radius 3 is 2.00 bits per heavy atom. The van der Waals surface area contributed by atoms with Crippen LogP contribution in [0, 0.1) is 27.7 Å². The average Bonchev–Trinajstić information content (AvgIpc) is 2.31. The Morgan fingerprint density at radius 2 is 1.33 bits per heavy atom. The van der Waals surface area contributed by atoms with Gasteiger partial charge < -0.3 is 0 Å². The largest absolute Gasteiger partial charge is 0.289 e. The summed E-state index contributed by atoms with van der Waals surface area (Å²) in [6.07, 6.45) is 0. The molecule has 0 heterocycles. The molecule has 0 aliphatic heterocycles. The lowest BCUT2D eigenvalue weighted by Crippen LogP contribution is -2.06. The molecule has 0 N–H and O–H groups in total. The van der Waals surface area contributed by atoms with Crippen molar-refractivity contribution < 1.29 is 4.79 Å². The summed E-state index contributed by atoms with van der Waals surface area (Å²) in [5.74, 6) is 0.119. The zero-order valence-electron chi connectivity index (χ0n) is 11.4. The third-order valence-corrected chi connectivity index (χ3v) is 3.26. The fourth-order valence-corrected chi connectivity index (χ4v) is 2.19. The first-order valence-corrected chi connectivity index (χ1v) is 6.18. The fraction of sp³-hybridized carbons (Fsp3) is 0.235. The number of aryl methyl sites for hydroxylation is 4. The number of benzene rings is 2. The Kier molecular flexibility index (Phi) is 3.33. The maximum Gasteiger partial charge on any atom is 0.193 e. The Hall–Kier alpha value is -1.89. The van der Waals surface area contributed by atoms with Gasteiger partial charge in [0, 0.05) is 11.1 Å². The Labute approximate surface area is 108 Å². The van der Waals surface area contributed by atoms with Crippen LogP contribution in [-0.2, 0) is 0 Å². The van der Waals surface area contributed by atoms with Crippen LogP contribution in [0.4, 0.5) is 0 Å². The standard InChI is InChI=1S/C17H18O/c1-11-6-8-15(14(4)9-11)17(18)16-10-12(2)5-7-13(16)3/h5-10H,1-4H3. The maximum absolute atomic E-state index is 12.6. The van der Waals surface area contributed by atoms with E-state index in [9.17, 15) is 4.79 Å². The van der Waals surface area contributed by atoms with Gasteiger partial charge in [0.25, 0.3) is 0 Å². The van der Waals surface area contributed by atoms with Crippen molar-refractivity contribution in [3.8, 4) is 0 Å². The summed E-state index contributed by atoms with van der Waals surface area (Å²) in [6.45, 7) is 8.03. The van der Waals surface area contributed by atoms with Crippen LogP contribution in [0.15, 0.2) is 36.4 Å². The molecule has 1 nitrogen and oxygen atoms in total. The molecule has 2 aromatic carbocycles. The van der Waals surface area contributed by atoms with E-state index in [4.69, 9.17) is 0 Å². The molecule has 1 heteroatoms. The van der Waals surface area contributed by atoms with Crippen molar-refractivity contribution in [1.82, 2.24) is 0 Å². The Morgan fingerprint density at radius 1 is 0.722 bits per heavy atom. The van der Waals surface area contributed by atoms with Crippen molar-refractivity contribution >= 4 is 5.78 Å². The van der Waals surface area contributed by atoms with Crippen LogP contribution in [0.3, 0.4) is 0 Å². The molecule has 0 atom stereocenters. The molecule has 0 aliphatic carbocycles. The van der Waals surface area contributed by atoms with Crippen LogP contribution < -0.4 is 0 Å². The summed E-state index contributed by atoms with van der Waals surface area (Å²) in [6, 6.07) is 12.0. The second-order valence-electron chi connectivity index (χ2n) is 4.97. The van der Waals surface area contributed by atoms with Gasteiger partial charge in [-0.15, -0.1) is 0 Å². The van der Waals surface area contributed by atoms with Gasteiger partial charge in [0.15, 0.2) is 5.78 Å². The molecule has 0 aromatic heterocycles. The van der Waals surface area contributed by atoms with E-state index in [0.717, 1.165) is 27.8 Å². The van der Waals surface area contributed by atoms with Crippen LogP contribution in [0.5, 0.6) is 0 Å². The number of hydrogen-bond donors (Lipinski definition) is 0. The predicted molar refractivity (Wildman–Crippen MR) is 75.3 cm³/mol. The average molecular weight is 238 g/mol. The van der Waals surface area contributed by atoms with E-state index in [1.807, 2.05) is 58.0 Å². The zero-order valence-corrected chi connectivity index (χ0v) is 11.4. The van der Waals surface area contributed by atoms with Gasteiger partial charge in [0.2, 0.25) is 0 Å². The molecular weight excluding hydrogens is 220 g/mol. The highest BCUT2D eigenvalue weighted by molar-refractivity contribution is 6.10. The van der Waals surface area contributed by atoms with Gasteiger partial charge in [-0.25, -0.2) is 0 Å². The van der Waals surface area contributed by atoms with Crippen LogP contribution in [-0.4, -0.2) is 5.78 Å². The van der Waals surface area contributed by atoms with Gasteiger partial charge >= 0.3 is 0 Å². The topological polar surface area (TPSA) is 17.1 Å². The number of carbonyl (C=O) groups excluding carboxylic acids is 1. The number of hydrogen-bond acceptors (Lipinski definition) is 1. The van der Waals surface area contributed by atoms with Crippen LogP contribution in [0.2, 0.25) is 0 Å². The van der Waals surface area contributed by atoms with Crippen molar-refractivity contribution in [2.75, 3.05) is 0 Å². The maximum atomic E-state index is 12.6. The molecular formula is C17H18O. The number of carbonyl (C=O) groups is 1. The van der Waals surface area contributed by atoms with E-state index in [0.29, 0.717) is 0 Å². The van der Waals surface area contributed by atoms with E-state index >= 15 is 0 Å². The van der Waals surface area contributed by atoms with Gasteiger partial charge in [-0.05, 0) is 44.9 Å². The van der Waals surface area contributed by atoms with Crippen molar-refractivity contribution in [2.24, 2.45) is 0 Å². The van der Waals surface area contributed by atoms with Crippen molar-refractivity contribution in [3.05, 3.63) is 69.8 Å². The predicted octanol–water partition coefficient (Wildman–Crippen LogP) is 4.15. The van der Waals surface area contributed by atoms with E-state index in [-0.39, 0.29) is 5.78 Å². The Balaban J connectivity index is 2.51. The van der Waals surface area contributed by atoms with Gasteiger partial charge in [-0.2, -0.15) is 0 Å². The van der Waals surface area contributed by atoms with Gasteiger partial charge in [-0.3, -0.25) is 4.79 Å². The van der Waals surface area contributed by atoms with Crippen LogP contribution in [0.25, 0.3) is 0 Å². The summed E-state index contributed by atoms with van der Waals surface area (Å²) in [5, 5.41) is 0. The first-order valence-electron chi connectivity index (χ1n) is 6.18. The first-order chi connectivity index (χ1) is 8.49. The fourth-order valence-electron chi connectivity index (χ4n) is 2.19. The summed E-state index contributed by atoms with van der Waals surface area (Å²) in [5.41, 5.74) is 5.99. The summed E-state index contributed by atoms with van der Waals surface area (Å²) in [4.78, 5) is 12.6. The van der Waals surface area contributed by atoms with Crippen LogP contribution in [0.1, 0.15) is 38.2 Å². The molecule has 0 unspecified atom stereocenters. The van der Waals surface area contributed by atoms with E-state index in [1.165, 1.54) is 5.56 Å². The minimum absolute atomic E-state index is 0.119. The smallest absolute Gasteiger partial charge is 0.193 e. The minimum Gasteiger partial charge on any atom is -0.289 e. The lowest BCUT2D eigenvalue weighted by Gasteiger charge is -2.09. The summed E-state index contributed by atoms with van der Waals surface area (Å²) < 4.78 is 0. The molecule has 18 heavy (non-hydrogen) atoms. The molecule has 0 saturated heterocycles. The molecule has 2 aromatic rings. The molecule has 0 aliphatic rings. The molecule has 92 valence electrons. The molecule has 2 rings (SSSR count). The van der Waals surface area contributed by atoms with Gasteiger partial charge in [0.05, 0.1) is 0 Å². The van der Waals surface area contributed by atoms with Crippen molar-refractivity contribution in [3.63, 3.8) is 0 Å². The van der Waals surface area contributed by atoms with Crippen LogP contribution >= 0.6 is 0 Å². The highest BCUT2D eigenvalue weighted by Gasteiger charge is 2.13. The highest BCUT2D eigenvalue weighted by atomic mass is 16.1. The minimum atomic E-state index is 0.119. The monoisotopic (exact) mass is 238 g/mol. The molecule has 0 amide bonds. The Bertz CT molecular complexity index is 609. The SMILES string of the molecule is Cc1ccc(C(=O)c2cc(C)ccc2C)c(C)c1. The lowest BCUT2D eigenvalue weighted by atomic mass is 9.94.